The van der Waals surface area contributed by atoms with Gasteiger partial charge in [0.25, 0.3) is 0 Å². The fraction of sp³-hybridized carbons (Fsp3) is 0.429. The normalized spacial score (nSPS) is 17.0. The molecule has 5 aromatic rings. The van der Waals surface area contributed by atoms with E-state index in [2.05, 4.69) is 25.1 Å². The lowest BCUT2D eigenvalue weighted by molar-refractivity contribution is -0.274. The predicted molar refractivity (Wildman–Crippen MR) is 149 cm³/mol. The smallest absolute Gasteiger partial charge is 0.473 e. The summed E-state index contributed by atoms with van der Waals surface area (Å²) in [4.78, 5) is 6.81. The topological polar surface area (TPSA) is 119 Å². The van der Waals surface area contributed by atoms with Crippen LogP contribution in [-0.2, 0) is 13.6 Å². The van der Waals surface area contributed by atoms with E-state index in [0.717, 1.165) is 11.3 Å². The highest BCUT2D eigenvalue weighted by atomic mass is 19.4. The van der Waals surface area contributed by atoms with Crippen molar-refractivity contribution in [1.29, 1.82) is 0 Å². The molecule has 2 N–H and O–H groups in total. The highest BCUT2D eigenvalue weighted by molar-refractivity contribution is 6.00. The number of nitrogens with one attached hydrogen (secondary N) is 1. The fourth-order valence-corrected chi connectivity index (χ4v) is 5.74. The number of benzene rings is 1. The number of alkyl halides is 3. The Kier molecular flexibility index (Phi) is 6.65. The molecule has 11 nitrogen and oxygen atoms in total. The van der Waals surface area contributed by atoms with Crippen molar-refractivity contribution in [3.8, 4) is 34.1 Å². The molecule has 0 radical (unpaired) electrons. The van der Waals surface area contributed by atoms with Gasteiger partial charge in [-0.05, 0) is 52.9 Å². The number of aromatic amines is 1. The van der Waals surface area contributed by atoms with Crippen molar-refractivity contribution in [2.24, 2.45) is 7.05 Å². The summed E-state index contributed by atoms with van der Waals surface area (Å²) in [5.41, 5.74) is 4.88. The lowest BCUT2D eigenvalue weighted by atomic mass is 10.0. The molecule has 4 bridgehead atoms. The van der Waals surface area contributed by atoms with Crippen LogP contribution in [0.1, 0.15) is 37.0 Å². The van der Waals surface area contributed by atoms with E-state index in [9.17, 15) is 18.3 Å². The first-order valence-corrected chi connectivity index (χ1v) is 13.5. The van der Waals surface area contributed by atoms with Crippen molar-refractivity contribution in [2.45, 2.75) is 52.7 Å². The van der Waals surface area contributed by atoms with Crippen LogP contribution in [0.3, 0.4) is 0 Å². The maximum absolute atomic E-state index is 13.7. The van der Waals surface area contributed by atoms with Gasteiger partial charge in [0.15, 0.2) is 5.75 Å². The molecule has 42 heavy (non-hydrogen) atoms. The molecule has 6 rings (SSSR count). The molecule has 0 fully saturated rings. The molecule has 0 spiro atoms. The Hall–Kier alpha value is -4.17. The SMILES string of the molecule is Cc1nn(C)c2c1-c1cc3c(n[nH]c3c(C)n1)-c1cc(OC(F)(F)F)c3nn([C@@H](C)CO)c(c3c1)CN(C)C[C@H](C)O2. The summed E-state index contributed by atoms with van der Waals surface area (Å²) < 4.78 is 55.2. The molecule has 0 aliphatic carbocycles. The highest BCUT2D eigenvalue weighted by Gasteiger charge is 2.34. The predicted octanol–water partition coefficient (Wildman–Crippen LogP) is 4.66. The van der Waals surface area contributed by atoms with E-state index in [1.807, 2.05) is 45.8 Å². The lowest BCUT2D eigenvalue weighted by Crippen LogP contribution is -2.32. The van der Waals surface area contributed by atoms with Gasteiger partial charge in [-0.15, -0.1) is 13.2 Å². The van der Waals surface area contributed by atoms with Crippen LogP contribution in [0.2, 0.25) is 0 Å². The Balaban J connectivity index is 1.70. The number of aryl methyl sites for hydroxylation is 3. The summed E-state index contributed by atoms with van der Waals surface area (Å²) in [6.07, 6.45) is -5.24. The first-order valence-electron chi connectivity index (χ1n) is 13.5. The summed E-state index contributed by atoms with van der Waals surface area (Å²) >= 11 is 0. The van der Waals surface area contributed by atoms with Gasteiger partial charge in [0.05, 0.1) is 46.5 Å². The number of aliphatic hydroxyl groups is 1. The van der Waals surface area contributed by atoms with Crippen LogP contribution >= 0.6 is 0 Å². The van der Waals surface area contributed by atoms with E-state index in [1.54, 1.807) is 22.4 Å². The third-order valence-corrected chi connectivity index (χ3v) is 7.51. The van der Waals surface area contributed by atoms with Gasteiger partial charge in [-0.1, -0.05) is 0 Å². The van der Waals surface area contributed by atoms with E-state index in [4.69, 9.17) is 9.72 Å². The molecule has 0 amide bonds. The van der Waals surface area contributed by atoms with Crippen molar-refractivity contribution in [3.63, 3.8) is 0 Å². The number of rotatable bonds is 3. The lowest BCUT2D eigenvalue weighted by Gasteiger charge is -2.24. The van der Waals surface area contributed by atoms with Gasteiger partial charge in [-0.25, -0.2) is 4.68 Å². The summed E-state index contributed by atoms with van der Waals surface area (Å²) in [6, 6.07) is 4.43. The second-order valence-corrected chi connectivity index (χ2v) is 10.9. The Bertz CT molecular complexity index is 1820. The number of fused-ring (bicyclic) bond motifs is 5. The molecule has 14 heteroatoms. The van der Waals surface area contributed by atoms with Crippen LogP contribution < -0.4 is 9.47 Å². The average Bonchev–Trinajstić information content (AvgIpc) is 3.56. The van der Waals surface area contributed by atoms with Crippen LogP contribution in [0.5, 0.6) is 11.6 Å². The minimum Gasteiger partial charge on any atom is -0.473 e. The molecule has 0 saturated carbocycles. The molecule has 1 aromatic carbocycles. The molecule has 0 unspecified atom stereocenters. The zero-order valence-electron chi connectivity index (χ0n) is 24.0. The third-order valence-electron chi connectivity index (χ3n) is 7.51. The number of halogens is 3. The van der Waals surface area contributed by atoms with Gasteiger partial charge in [0.1, 0.15) is 17.3 Å². The minimum atomic E-state index is -4.95. The van der Waals surface area contributed by atoms with Crippen molar-refractivity contribution in [2.75, 3.05) is 20.2 Å². The standard InChI is InChI=1S/C28H31F3N8O3/c1-13(12-40)39-21-11-37(5)10-14(2)41-27-23(15(3)35-38(27)6)20-9-19-24(16(4)32-20)33-34-25(19)17-7-18(21)26(36-39)22(8-17)42-28(29,30)31/h7-9,13-14,40H,10-12H2,1-6H3,(H,33,34)/t13-,14-/m0/s1. The quantitative estimate of drug-likeness (QED) is 0.315. The number of ether oxygens (including phenoxy) is 2. The fourth-order valence-electron chi connectivity index (χ4n) is 5.74. The van der Waals surface area contributed by atoms with E-state index >= 15 is 0 Å². The van der Waals surface area contributed by atoms with Crippen LogP contribution in [0.25, 0.3) is 44.3 Å². The van der Waals surface area contributed by atoms with Crippen LogP contribution in [0, 0.1) is 13.8 Å². The first-order chi connectivity index (χ1) is 19.8. The Morgan fingerprint density at radius 3 is 2.62 bits per heavy atom. The molecule has 1 aliphatic heterocycles. The van der Waals surface area contributed by atoms with Gasteiger partial charge in [-0.3, -0.25) is 19.7 Å². The maximum atomic E-state index is 13.7. The Morgan fingerprint density at radius 1 is 1.14 bits per heavy atom. The summed E-state index contributed by atoms with van der Waals surface area (Å²) in [5.74, 6) is 0.110. The molecule has 1 aliphatic rings. The monoisotopic (exact) mass is 584 g/mol. The number of H-pyrrole nitrogens is 1. The highest BCUT2D eigenvalue weighted by Crippen LogP contribution is 2.41. The van der Waals surface area contributed by atoms with Crippen molar-refractivity contribution < 1.29 is 27.8 Å². The van der Waals surface area contributed by atoms with Crippen molar-refractivity contribution in [1.82, 2.24) is 39.6 Å². The summed E-state index contributed by atoms with van der Waals surface area (Å²) in [5, 5.41) is 27.7. The first kappa shape index (κ1) is 28.0. The van der Waals surface area contributed by atoms with Crippen LogP contribution in [0.4, 0.5) is 13.2 Å². The van der Waals surface area contributed by atoms with Gasteiger partial charge >= 0.3 is 6.36 Å². The van der Waals surface area contributed by atoms with Gasteiger partial charge in [0, 0.05) is 36.5 Å². The second kappa shape index (κ2) is 9.98. The van der Waals surface area contributed by atoms with Gasteiger partial charge < -0.3 is 14.6 Å². The van der Waals surface area contributed by atoms with E-state index < -0.39 is 18.2 Å². The van der Waals surface area contributed by atoms with Crippen LogP contribution in [0.15, 0.2) is 18.2 Å². The van der Waals surface area contributed by atoms with E-state index in [-0.39, 0.29) is 18.2 Å². The molecule has 2 atom stereocenters. The number of hydrogen-bond donors (Lipinski definition) is 2. The van der Waals surface area contributed by atoms with Crippen molar-refractivity contribution in [3.05, 3.63) is 35.3 Å². The molecule has 0 saturated heterocycles. The number of likely N-dealkylation sites (N-methyl/N-ethyl adjacent to an activating group) is 1. The molecular formula is C28H31F3N8O3. The maximum Gasteiger partial charge on any atom is 0.573 e. The third kappa shape index (κ3) is 4.73. The number of aromatic nitrogens is 7. The zero-order valence-corrected chi connectivity index (χ0v) is 24.0. The second-order valence-electron chi connectivity index (χ2n) is 10.9. The van der Waals surface area contributed by atoms with Gasteiger partial charge in [0.2, 0.25) is 5.88 Å². The molecule has 4 aromatic heterocycles. The summed E-state index contributed by atoms with van der Waals surface area (Å²) in [7, 11) is 3.70. The Labute approximate surface area is 238 Å². The number of aliphatic hydroxyl groups excluding tert-OH is 1. The minimum absolute atomic E-state index is 0.0425. The zero-order chi connectivity index (χ0) is 30.1. The number of pyridine rings is 1. The summed E-state index contributed by atoms with van der Waals surface area (Å²) in [6.45, 7) is 7.94. The van der Waals surface area contributed by atoms with Gasteiger partial charge in [-0.2, -0.15) is 15.3 Å². The molecule has 5 heterocycles. The molecular weight excluding hydrogens is 553 g/mol. The van der Waals surface area contributed by atoms with Crippen LogP contribution in [-0.4, -0.2) is 77.4 Å². The largest absolute Gasteiger partial charge is 0.573 e. The molecule has 222 valence electrons. The average molecular weight is 585 g/mol. The van der Waals surface area contributed by atoms with E-state index in [1.165, 1.54) is 6.07 Å². The Morgan fingerprint density at radius 2 is 1.90 bits per heavy atom. The van der Waals surface area contributed by atoms with Crippen molar-refractivity contribution >= 4 is 21.8 Å². The van der Waals surface area contributed by atoms with E-state index in [0.29, 0.717) is 63.6 Å². The number of hydrogen-bond acceptors (Lipinski definition) is 8. The number of nitrogens with zero attached hydrogens (tertiary/aromatic N) is 7.